The Bertz CT molecular complexity index is 372. The van der Waals surface area contributed by atoms with Gasteiger partial charge < -0.3 is 10.4 Å². The summed E-state index contributed by atoms with van der Waals surface area (Å²) in [6.07, 6.45) is 3.05. The quantitative estimate of drug-likeness (QED) is 0.743. The van der Waals surface area contributed by atoms with Crippen molar-refractivity contribution in [2.75, 3.05) is 0 Å². The van der Waals surface area contributed by atoms with Crippen LogP contribution in [0.25, 0.3) is 0 Å². The number of aryl methyl sites for hydroxylation is 1. The van der Waals surface area contributed by atoms with E-state index in [0.29, 0.717) is 12.1 Å². The van der Waals surface area contributed by atoms with Gasteiger partial charge in [-0.3, -0.25) is 9.48 Å². The van der Waals surface area contributed by atoms with Crippen molar-refractivity contribution in [2.45, 2.75) is 26.4 Å². The van der Waals surface area contributed by atoms with Crippen LogP contribution in [0.4, 0.5) is 0 Å². The van der Waals surface area contributed by atoms with Crippen LogP contribution in [0.15, 0.2) is 12.4 Å². The SMILES string of the molecule is CCn1cc(C(NC(C)=O)C(=O)O)cn1. The Balaban J connectivity index is 2.88. The van der Waals surface area contributed by atoms with Crippen LogP contribution in [0.1, 0.15) is 25.5 Å². The number of carbonyl (C=O) groups is 2. The second kappa shape index (κ2) is 4.59. The molecule has 0 spiro atoms. The molecule has 0 saturated carbocycles. The van der Waals surface area contributed by atoms with Gasteiger partial charge in [0.2, 0.25) is 5.91 Å². The standard InChI is InChI=1S/C9H13N3O3/c1-3-12-5-7(4-10-12)8(9(14)15)11-6(2)13/h4-5,8H,3H2,1-2H3,(H,11,13)(H,14,15). The Hall–Kier alpha value is -1.85. The molecule has 15 heavy (non-hydrogen) atoms. The first-order chi connectivity index (χ1) is 7.04. The molecule has 1 heterocycles. The highest BCUT2D eigenvalue weighted by atomic mass is 16.4. The van der Waals surface area contributed by atoms with E-state index in [9.17, 15) is 9.59 Å². The summed E-state index contributed by atoms with van der Waals surface area (Å²) >= 11 is 0. The first-order valence-corrected chi connectivity index (χ1v) is 4.56. The number of carbonyl (C=O) groups excluding carboxylic acids is 1. The van der Waals surface area contributed by atoms with Crippen molar-refractivity contribution in [3.8, 4) is 0 Å². The largest absolute Gasteiger partial charge is 0.479 e. The van der Waals surface area contributed by atoms with Gasteiger partial charge in [0.25, 0.3) is 0 Å². The number of rotatable bonds is 4. The van der Waals surface area contributed by atoms with E-state index in [0.717, 1.165) is 0 Å². The predicted octanol–water partition coefficient (Wildman–Crippen LogP) is 0.165. The van der Waals surface area contributed by atoms with Crippen LogP contribution in [0.3, 0.4) is 0 Å². The molecule has 1 aromatic heterocycles. The highest BCUT2D eigenvalue weighted by Gasteiger charge is 2.21. The average molecular weight is 211 g/mol. The zero-order chi connectivity index (χ0) is 11.4. The molecule has 1 unspecified atom stereocenters. The normalized spacial score (nSPS) is 12.1. The molecular formula is C9H13N3O3. The number of amides is 1. The highest BCUT2D eigenvalue weighted by Crippen LogP contribution is 2.11. The Kier molecular flexibility index (Phi) is 3.43. The van der Waals surface area contributed by atoms with Gasteiger partial charge in [-0.05, 0) is 6.92 Å². The maximum absolute atomic E-state index is 10.9. The van der Waals surface area contributed by atoms with Crippen molar-refractivity contribution in [3.63, 3.8) is 0 Å². The maximum atomic E-state index is 10.9. The fraction of sp³-hybridized carbons (Fsp3) is 0.444. The lowest BCUT2D eigenvalue weighted by Crippen LogP contribution is -2.31. The van der Waals surface area contributed by atoms with Crippen LogP contribution < -0.4 is 5.32 Å². The van der Waals surface area contributed by atoms with Crippen LogP contribution in [-0.4, -0.2) is 26.8 Å². The Morgan fingerprint density at radius 3 is 2.73 bits per heavy atom. The molecule has 2 N–H and O–H groups in total. The van der Waals surface area contributed by atoms with Crippen molar-refractivity contribution in [2.24, 2.45) is 0 Å². The van der Waals surface area contributed by atoms with E-state index >= 15 is 0 Å². The van der Waals surface area contributed by atoms with E-state index in [4.69, 9.17) is 5.11 Å². The number of carboxylic acid groups (broad SMARTS) is 1. The van der Waals surface area contributed by atoms with Crippen LogP contribution in [0.5, 0.6) is 0 Å². The van der Waals surface area contributed by atoms with Gasteiger partial charge >= 0.3 is 5.97 Å². The molecule has 82 valence electrons. The molecule has 6 nitrogen and oxygen atoms in total. The molecule has 0 fully saturated rings. The van der Waals surface area contributed by atoms with Gasteiger partial charge in [0.15, 0.2) is 6.04 Å². The van der Waals surface area contributed by atoms with E-state index < -0.39 is 12.0 Å². The number of aliphatic carboxylic acids is 1. The molecule has 0 aromatic carbocycles. The summed E-state index contributed by atoms with van der Waals surface area (Å²) < 4.78 is 1.60. The fourth-order valence-corrected chi connectivity index (χ4v) is 1.19. The summed E-state index contributed by atoms with van der Waals surface area (Å²) in [7, 11) is 0. The minimum atomic E-state index is -1.10. The van der Waals surface area contributed by atoms with Gasteiger partial charge in [0, 0.05) is 25.2 Å². The lowest BCUT2D eigenvalue weighted by molar-refractivity contribution is -0.141. The second-order valence-electron chi connectivity index (χ2n) is 3.10. The summed E-state index contributed by atoms with van der Waals surface area (Å²) in [5.74, 6) is -1.48. The van der Waals surface area contributed by atoms with Gasteiger partial charge in [-0.1, -0.05) is 0 Å². The van der Waals surface area contributed by atoms with Crippen molar-refractivity contribution < 1.29 is 14.7 Å². The number of carboxylic acids is 1. The molecule has 1 atom stereocenters. The Morgan fingerprint density at radius 2 is 2.33 bits per heavy atom. The topological polar surface area (TPSA) is 84.2 Å². The first kappa shape index (κ1) is 11.2. The minimum Gasteiger partial charge on any atom is -0.479 e. The van der Waals surface area contributed by atoms with Gasteiger partial charge in [-0.2, -0.15) is 5.10 Å². The molecule has 0 bridgehead atoms. The summed E-state index contributed by atoms with van der Waals surface area (Å²) in [6.45, 7) is 3.83. The predicted molar refractivity (Wildman–Crippen MR) is 52.1 cm³/mol. The van der Waals surface area contributed by atoms with Crippen LogP contribution in [0.2, 0.25) is 0 Å². The molecular weight excluding hydrogens is 198 g/mol. The summed E-state index contributed by atoms with van der Waals surface area (Å²) in [5.41, 5.74) is 0.472. The van der Waals surface area contributed by atoms with Crippen LogP contribution in [-0.2, 0) is 16.1 Å². The third kappa shape index (κ3) is 2.80. The van der Waals surface area contributed by atoms with E-state index in [1.165, 1.54) is 13.1 Å². The number of aromatic nitrogens is 2. The fourth-order valence-electron chi connectivity index (χ4n) is 1.19. The summed E-state index contributed by atoms with van der Waals surface area (Å²) in [5, 5.41) is 15.2. The van der Waals surface area contributed by atoms with E-state index in [2.05, 4.69) is 10.4 Å². The van der Waals surface area contributed by atoms with Crippen molar-refractivity contribution in [3.05, 3.63) is 18.0 Å². The third-order valence-corrected chi connectivity index (χ3v) is 1.91. The molecule has 6 heteroatoms. The van der Waals surface area contributed by atoms with E-state index in [1.54, 1.807) is 10.9 Å². The van der Waals surface area contributed by atoms with Gasteiger partial charge in [0.05, 0.1) is 6.20 Å². The summed E-state index contributed by atoms with van der Waals surface area (Å²) in [6, 6.07) is -1.03. The third-order valence-electron chi connectivity index (χ3n) is 1.91. The molecule has 0 aliphatic rings. The number of nitrogens with one attached hydrogen (secondary N) is 1. The number of hydrogen-bond acceptors (Lipinski definition) is 3. The summed E-state index contributed by atoms with van der Waals surface area (Å²) in [4.78, 5) is 21.7. The highest BCUT2D eigenvalue weighted by molar-refractivity contribution is 5.83. The van der Waals surface area contributed by atoms with Gasteiger partial charge in [0.1, 0.15) is 0 Å². The molecule has 1 rings (SSSR count). The lowest BCUT2D eigenvalue weighted by Gasteiger charge is -2.10. The van der Waals surface area contributed by atoms with Crippen LogP contribution >= 0.6 is 0 Å². The monoisotopic (exact) mass is 211 g/mol. The zero-order valence-corrected chi connectivity index (χ0v) is 8.60. The number of nitrogens with zero attached hydrogens (tertiary/aromatic N) is 2. The van der Waals surface area contributed by atoms with Crippen LogP contribution in [0, 0.1) is 0 Å². The van der Waals surface area contributed by atoms with E-state index in [1.807, 2.05) is 6.92 Å². The van der Waals surface area contributed by atoms with Crippen molar-refractivity contribution >= 4 is 11.9 Å². The van der Waals surface area contributed by atoms with Gasteiger partial charge in [-0.15, -0.1) is 0 Å². The van der Waals surface area contributed by atoms with Crippen molar-refractivity contribution in [1.29, 1.82) is 0 Å². The van der Waals surface area contributed by atoms with Crippen molar-refractivity contribution in [1.82, 2.24) is 15.1 Å². The Labute approximate surface area is 86.9 Å². The minimum absolute atomic E-state index is 0.383. The molecule has 1 amide bonds. The lowest BCUT2D eigenvalue weighted by atomic mass is 10.1. The molecule has 0 aliphatic carbocycles. The maximum Gasteiger partial charge on any atom is 0.331 e. The molecule has 1 aromatic rings. The van der Waals surface area contributed by atoms with E-state index in [-0.39, 0.29) is 5.91 Å². The first-order valence-electron chi connectivity index (χ1n) is 4.56. The average Bonchev–Trinajstić information content (AvgIpc) is 2.61. The number of hydrogen-bond donors (Lipinski definition) is 2. The zero-order valence-electron chi connectivity index (χ0n) is 8.60. The second-order valence-corrected chi connectivity index (χ2v) is 3.10. The Morgan fingerprint density at radius 1 is 1.67 bits per heavy atom. The molecule has 0 saturated heterocycles. The smallest absolute Gasteiger partial charge is 0.331 e. The molecule has 0 aliphatic heterocycles. The van der Waals surface area contributed by atoms with Gasteiger partial charge in [-0.25, -0.2) is 4.79 Å². The molecule has 0 radical (unpaired) electrons.